The zero-order chi connectivity index (χ0) is 15.6. The molecule has 2 rings (SSSR count). The summed E-state index contributed by atoms with van der Waals surface area (Å²) < 4.78 is 0. The van der Waals surface area contributed by atoms with Crippen LogP contribution in [0.2, 0.25) is 10.0 Å². The molecule has 0 aromatic heterocycles. The molecule has 1 aromatic carbocycles. The van der Waals surface area contributed by atoms with Crippen LogP contribution in [0.4, 0.5) is 0 Å². The number of benzene rings is 1. The summed E-state index contributed by atoms with van der Waals surface area (Å²) in [5.74, 6) is -1.20. The Hall–Kier alpha value is -1.26. The number of carboxylic acids is 1. The molecular formula is C15H17Cl2NO3. The Balaban J connectivity index is 2.17. The molecule has 1 aliphatic rings. The van der Waals surface area contributed by atoms with Gasteiger partial charge in [0.15, 0.2) is 0 Å². The fourth-order valence-electron chi connectivity index (χ4n) is 2.70. The second kappa shape index (κ2) is 6.24. The number of carboxylic acid groups (broad SMARTS) is 1. The summed E-state index contributed by atoms with van der Waals surface area (Å²) in [4.78, 5) is 23.8. The molecule has 114 valence electrons. The first-order valence-electron chi connectivity index (χ1n) is 6.84. The van der Waals surface area contributed by atoms with Gasteiger partial charge in [-0.1, -0.05) is 36.0 Å². The van der Waals surface area contributed by atoms with E-state index in [9.17, 15) is 14.7 Å². The van der Waals surface area contributed by atoms with Gasteiger partial charge in [-0.25, -0.2) is 0 Å². The average molecular weight is 330 g/mol. The summed E-state index contributed by atoms with van der Waals surface area (Å²) in [5, 5.41) is 13.0. The highest BCUT2D eigenvalue weighted by molar-refractivity contribution is 6.42. The molecule has 2 unspecified atom stereocenters. The Morgan fingerprint density at radius 2 is 2.00 bits per heavy atom. The lowest BCUT2D eigenvalue weighted by Gasteiger charge is -2.38. The van der Waals surface area contributed by atoms with E-state index in [0.29, 0.717) is 28.5 Å². The lowest BCUT2D eigenvalue weighted by molar-refractivity contribution is -0.151. The van der Waals surface area contributed by atoms with Crippen molar-refractivity contribution in [3.8, 4) is 0 Å². The van der Waals surface area contributed by atoms with Gasteiger partial charge in [0, 0.05) is 11.6 Å². The molecule has 6 heteroatoms. The highest BCUT2D eigenvalue weighted by atomic mass is 35.5. The summed E-state index contributed by atoms with van der Waals surface area (Å²) >= 11 is 11.7. The van der Waals surface area contributed by atoms with E-state index in [1.807, 2.05) is 0 Å². The van der Waals surface area contributed by atoms with Gasteiger partial charge in [-0.05, 0) is 38.0 Å². The predicted molar refractivity (Wildman–Crippen MR) is 81.9 cm³/mol. The van der Waals surface area contributed by atoms with Gasteiger partial charge in [-0.3, -0.25) is 9.59 Å². The minimum absolute atomic E-state index is 0.300. The normalized spacial score (nSPS) is 25.4. The molecule has 4 nitrogen and oxygen atoms in total. The number of aliphatic carboxylic acids is 1. The van der Waals surface area contributed by atoms with Crippen molar-refractivity contribution >= 4 is 35.1 Å². The smallest absolute Gasteiger partial charge is 0.311 e. The van der Waals surface area contributed by atoms with Crippen molar-refractivity contribution in [3.05, 3.63) is 33.8 Å². The fraction of sp³-hybridized carbons (Fsp3) is 0.467. The van der Waals surface area contributed by atoms with Gasteiger partial charge in [0.05, 0.1) is 15.5 Å². The predicted octanol–water partition coefficient (Wildman–Crippen LogP) is 3.76. The topological polar surface area (TPSA) is 66.4 Å². The molecule has 2 N–H and O–H groups in total. The monoisotopic (exact) mass is 329 g/mol. The molecule has 1 aromatic rings. The van der Waals surface area contributed by atoms with Crippen LogP contribution in [0.1, 0.15) is 43.0 Å². The Bertz CT molecular complexity index is 576. The van der Waals surface area contributed by atoms with Gasteiger partial charge in [0.2, 0.25) is 0 Å². The van der Waals surface area contributed by atoms with Crippen LogP contribution in [0.3, 0.4) is 0 Å². The Labute approximate surface area is 133 Å². The van der Waals surface area contributed by atoms with Gasteiger partial charge < -0.3 is 10.4 Å². The summed E-state index contributed by atoms with van der Waals surface area (Å²) in [6.45, 7) is 1.69. The molecule has 1 fully saturated rings. The Morgan fingerprint density at radius 3 is 2.62 bits per heavy atom. The van der Waals surface area contributed by atoms with E-state index in [0.717, 1.165) is 12.8 Å². The van der Waals surface area contributed by atoms with Crippen LogP contribution in [-0.4, -0.2) is 23.0 Å². The number of carbonyl (C=O) groups excluding carboxylic acids is 1. The molecule has 0 aliphatic heterocycles. The maximum Gasteiger partial charge on any atom is 0.311 e. The van der Waals surface area contributed by atoms with E-state index >= 15 is 0 Å². The largest absolute Gasteiger partial charge is 0.481 e. The minimum atomic E-state index is -0.926. The van der Waals surface area contributed by atoms with E-state index < -0.39 is 11.4 Å². The van der Waals surface area contributed by atoms with E-state index in [1.165, 1.54) is 6.07 Å². The van der Waals surface area contributed by atoms with Crippen molar-refractivity contribution in [1.82, 2.24) is 5.32 Å². The number of hydrogen-bond acceptors (Lipinski definition) is 2. The zero-order valence-corrected chi connectivity index (χ0v) is 13.2. The van der Waals surface area contributed by atoms with Crippen LogP contribution in [0, 0.1) is 5.41 Å². The summed E-state index contributed by atoms with van der Waals surface area (Å²) in [7, 11) is 0. The van der Waals surface area contributed by atoms with Crippen LogP contribution in [0.5, 0.6) is 0 Å². The SMILES string of the molecule is CC1(C(=O)O)CCCCC1NC(=O)c1ccc(Cl)c(Cl)c1. The molecule has 0 radical (unpaired) electrons. The second-order valence-electron chi connectivity index (χ2n) is 5.62. The maximum atomic E-state index is 12.3. The van der Waals surface area contributed by atoms with Crippen molar-refractivity contribution in [2.45, 2.75) is 38.6 Å². The molecule has 1 aliphatic carbocycles. The lowest BCUT2D eigenvalue weighted by atomic mass is 9.71. The van der Waals surface area contributed by atoms with Gasteiger partial charge in [-0.15, -0.1) is 0 Å². The standard InChI is InChI=1S/C15H17Cl2NO3/c1-15(14(20)21)7-3-2-4-12(15)18-13(19)9-5-6-10(16)11(17)8-9/h5-6,8,12H,2-4,7H2,1H3,(H,18,19)(H,20,21). The number of amides is 1. The quantitative estimate of drug-likeness (QED) is 0.887. The van der Waals surface area contributed by atoms with Crippen molar-refractivity contribution in [2.24, 2.45) is 5.41 Å². The number of rotatable bonds is 3. The molecule has 1 saturated carbocycles. The van der Waals surface area contributed by atoms with E-state index in [2.05, 4.69) is 5.32 Å². The van der Waals surface area contributed by atoms with E-state index in [1.54, 1.807) is 19.1 Å². The van der Waals surface area contributed by atoms with Gasteiger partial charge >= 0.3 is 5.97 Å². The van der Waals surface area contributed by atoms with E-state index in [-0.39, 0.29) is 11.9 Å². The number of hydrogen-bond donors (Lipinski definition) is 2. The molecule has 2 atom stereocenters. The molecule has 21 heavy (non-hydrogen) atoms. The summed E-state index contributed by atoms with van der Waals surface area (Å²) in [6, 6.07) is 4.23. The van der Waals surface area contributed by atoms with Crippen LogP contribution in [-0.2, 0) is 4.79 Å². The van der Waals surface area contributed by atoms with Gasteiger partial charge in [0.25, 0.3) is 5.91 Å². The van der Waals surface area contributed by atoms with E-state index in [4.69, 9.17) is 23.2 Å². The van der Waals surface area contributed by atoms with Gasteiger partial charge in [0.1, 0.15) is 0 Å². The molecule has 0 saturated heterocycles. The number of halogens is 2. The summed E-state index contributed by atoms with van der Waals surface area (Å²) in [6.07, 6.45) is 3.00. The van der Waals surface area contributed by atoms with Crippen LogP contribution in [0.15, 0.2) is 18.2 Å². The molecule has 1 amide bonds. The fourth-order valence-corrected chi connectivity index (χ4v) is 3.00. The van der Waals surface area contributed by atoms with Crippen LogP contribution >= 0.6 is 23.2 Å². The van der Waals surface area contributed by atoms with Gasteiger partial charge in [-0.2, -0.15) is 0 Å². The highest BCUT2D eigenvalue weighted by Crippen LogP contribution is 2.36. The highest BCUT2D eigenvalue weighted by Gasteiger charge is 2.43. The zero-order valence-electron chi connectivity index (χ0n) is 11.7. The Morgan fingerprint density at radius 1 is 1.29 bits per heavy atom. The first-order valence-corrected chi connectivity index (χ1v) is 7.59. The summed E-state index contributed by atoms with van der Waals surface area (Å²) in [5.41, 5.74) is -0.549. The Kier molecular flexibility index (Phi) is 4.79. The first kappa shape index (κ1) is 16.1. The van der Waals surface area contributed by atoms with Crippen molar-refractivity contribution in [1.29, 1.82) is 0 Å². The molecular weight excluding hydrogens is 313 g/mol. The van der Waals surface area contributed by atoms with Crippen LogP contribution < -0.4 is 5.32 Å². The third-order valence-electron chi connectivity index (χ3n) is 4.18. The average Bonchev–Trinajstić information content (AvgIpc) is 2.44. The van der Waals surface area contributed by atoms with Crippen molar-refractivity contribution in [3.63, 3.8) is 0 Å². The second-order valence-corrected chi connectivity index (χ2v) is 6.44. The van der Waals surface area contributed by atoms with Crippen LogP contribution in [0.25, 0.3) is 0 Å². The molecule has 0 spiro atoms. The lowest BCUT2D eigenvalue weighted by Crippen LogP contribution is -2.52. The number of nitrogens with one attached hydrogen (secondary N) is 1. The minimum Gasteiger partial charge on any atom is -0.481 e. The molecule has 0 bridgehead atoms. The number of carbonyl (C=O) groups is 2. The maximum absolute atomic E-state index is 12.3. The third kappa shape index (κ3) is 3.33. The first-order chi connectivity index (χ1) is 9.84. The third-order valence-corrected chi connectivity index (χ3v) is 4.92. The van der Waals surface area contributed by atoms with Crippen molar-refractivity contribution < 1.29 is 14.7 Å². The van der Waals surface area contributed by atoms with Crippen molar-refractivity contribution in [2.75, 3.05) is 0 Å². The molecule has 0 heterocycles.